The second kappa shape index (κ2) is 4.93. The van der Waals surface area contributed by atoms with Crippen LogP contribution in [0.2, 0.25) is 0 Å². The largest absolute Gasteiger partial charge is 0.106 e. The van der Waals surface area contributed by atoms with Gasteiger partial charge in [-0.05, 0) is 125 Å². The van der Waals surface area contributed by atoms with E-state index in [9.17, 15) is 0 Å². The van der Waals surface area contributed by atoms with Crippen LogP contribution in [-0.4, -0.2) is 0 Å². The van der Waals surface area contributed by atoms with E-state index in [0.717, 1.165) is 23.7 Å². The molecule has 0 heterocycles. The molecular weight excluding hydrogens is 312 g/mol. The highest BCUT2D eigenvalue weighted by atomic mass is 14.7. The fourth-order valence-corrected chi connectivity index (χ4v) is 10.6. The van der Waals surface area contributed by atoms with Crippen molar-refractivity contribution >= 4 is 0 Å². The summed E-state index contributed by atoms with van der Waals surface area (Å²) >= 11 is 0. The Kier molecular flexibility index (Phi) is 3.06. The van der Waals surface area contributed by atoms with E-state index in [2.05, 4.69) is 37.5 Å². The minimum Gasteiger partial charge on any atom is -0.106 e. The third-order valence-electron chi connectivity index (χ3n) is 10.0. The van der Waals surface area contributed by atoms with Crippen molar-refractivity contribution in [3.05, 3.63) is 0 Å². The monoisotopic (exact) mass is 346 g/mol. The zero-order chi connectivity index (χ0) is 17.6. The Hall–Kier alpha value is -0.880. The molecule has 0 aliphatic heterocycles. The predicted octanol–water partition coefficient (Wildman–Crippen LogP) is 6.21. The van der Waals surface area contributed by atoms with Gasteiger partial charge < -0.3 is 0 Å². The number of hydrogen-bond acceptors (Lipinski definition) is 0. The van der Waals surface area contributed by atoms with Gasteiger partial charge in [0.05, 0.1) is 0 Å². The average molecular weight is 347 g/mol. The van der Waals surface area contributed by atoms with Gasteiger partial charge in [-0.1, -0.05) is 11.8 Å². The van der Waals surface area contributed by atoms with Gasteiger partial charge in [0, 0.05) is 10.8 Å². The molecule has 138 valence electrons. The molecule has 0 saturated heterocycles. The summed E-state index contributed by atoms with van der Waals surface area (Å²) in [5, 5.41) is 0. The van der Waals surface area contributed by atoms with Crippen LogP contribution in [0.15, 0.2) is 0 Å². The fourth-order valence-electron chi connectivity index (χ4n) is 10.6. The molecule has 0 amide bonds. The van der Waals surface area contributed by atoms with Crippen molar-refractivity contribution < 1.29 is 0 Å². The van der Waals surface area contributed by atoms with Crippen molar-refractivity contribution in [3.8, 4) is 23.7 Å². The lowest BCUT2D eigenvalue weighted by Crippen LogP contribution is -2.64. The van der Waals surface area contributed by atoms with E-state index in [-0.39, 0.29) is 0 Å². The first-order valence-electron chi connectivity index (χ1n) is 11.4. The summed E-state index contributed by atoms with van der Waals surface area (Å²) in [5.74, 6) is 18.5. The molecule has 0 heteroatoms. The summed E-state index contributed by atoms with van der Waals surface area (Å²) in [6.45, 7) is 4.16. The van der Waals surface area contributed by atoms with Crippen LogP contribution in [0.3, 0.4) is 0 Å². The maximum absolute atomic E-state index is 3.81. The molecule has 0 aromatic heterocycles. The minimum absolute atomic E-state index is 0.307. The zero-order valence-electron chi connectivity index (χ0n) is 16.8. The van der Waals surface area contributed by atoms with Gasteiger partial charge in [-0.25, -0.2) is 0 Å². The first-order chi connectivity index (χ1) is 12.5. The van der Waals surface area contributed by atoms with E-state index in [1.807, 2.05) is 0 Å². The van der Waals surface area contributed by atoms with Gasteiger partial charge >= 0.3 is 0 Å². The summed E-state index contributed by atoms with van der Waals surface area (Å²) < 4.78 is 0. The van der Waals surface area contributed by atoms with Gasteiger partial charge in [0.15, 0.2) is 0 Å². The highest BCUT2D eigenvalue weighted by Crippen LogP contribution is 2.79. The molecule has 8 bridgehead atoms. The van der Waals surface area contributed by atoms with E-state index in [4.69, 9.17) is 0 Å². The zero-order valence-corrected chi connectivity index (χ0v) is 16.8. The molecule has 8 aliphatic carbocycles. The summed E-state index contributed by atoms with van der Waals surface area (Å²) in [7, 11) is 0. The molecule has 0 radical (unpaired) electrons. The van der Waals surface area contributed by atoms with Crippen LogP contribution in [0.25, 0.3) is 0 Å². The lowest BCUT2D eigenvalue weighted by Gasteiger charge is -2.73. The first-order valence-corrected chi connectivity index (χ1v) is 11.4. The second-order valence-corrected chi connectivity index (χ2v) is 11.8. The lowest BCUT2D eigenvalue weighted by molar-refractivity contribution is -0.222. The second-order valence-electron chi connectivity index (χ2n) is 11.8. The highest BCUT2D eigenvalue weighted by Gasteiger charge is 2.70. The van der Waals surface area contributed by atoms with E-state index in [1.165, 1.54) is 38.5 Å². The van der Waals surface area contributed by atoms with Crippen molar-refractivity contribution in [2.75, 3.05) is 0 Å². The van der Waals surface area contributed by atoms with Crippen molar-refractivity contribution in [2.24, 2.45) is 45.3 Å². The van der Waals surface area contributed by atoms with Gasteiger partial charge in [0.1, 0.15) is 0 Å². The normalized spacial score (nSPS) is 58.1. The smallest absolute Gasteiger partial charge is 0.0337 e. The van der Waals surface area contributed by atoms with Crippen LogP contribution in [0, 0.1) is 69.0 Å². The van der Waals surface area contributed by atoms with Crippen LogP contribution in [0.5, 0.6) is 0 Å². The quantitative estimate of drug-likeness (QED) is 0.495. The van der Waals surface area contributed by atoms with Gasteiger partial charge in [0.2, 0.25) is 0 Å². The summed E-state index contributed by atoms with van der Waals surface area (Å²) in [6.07, 6.45) is 17.8. The predicted molar refractivity (Wildman–Crippen MR) is 106 cm³/mol. The van der Waals surface area contributed by atoms with Crippen LogP contribution >= 0.6 is 0 Å². The Morgan fingerprint density at radius 3 is 1.46 bits per heavy atom. The lowest BCUT2D eigenvalue weighted by atomic mass is 9.31. The van der Waals surface area contributed by atoms with Gasteiger partial charge in [-0.2, -0.15) is 0 Å². The van der Waals surface area contributed by atoms with Crippen molar-refractivity contribution in [1.82, 2.24) is 0 Å². The third-order valence-corrected chi connectivity index (χ3v) is 10.0. The maximum Gasteiger partial charge on any atom is 0.0337 e. The van der Waals surface area contributed by atoms with Crippen LogP contribution in [0.1, 0.15) is 90.9 Å². The van der Waals surface area contributed by atoms with E-state index in [0.29, 0.717) is 21.7 Å². The van der Waals surface area contributed by atoms with Crippen LogP contribution < -0.4 is 0 Å². The SMILES string of the molecule is CC#CC12CC3CC(C#CC)(C1)CC(C14CC5CC(CC(C5)C1)C4)(C3)C2. The first kappa shape index (κ1) is 16.1. The highest BCUT2D eigenvalue weighted by molar-refractivity contribution is 5.31. The molecular formula is C26H34. The molecule has 0 aromatic rings. The van der Waals surface area contributed by atoms with E-state index < -0.39 is 0 Å². The molecule has 2 atom stereocenters. The van der Waals surface area contributed by atoms with Crippen LogP contribution in [0.4, 0.5) is 0 Å². The molecule has 0 N–H and O–H groups in total. The van der Waals surface area contributed by atoms with Gasteiger partial charge in [-0.15, -0.1) is 11.8 Å². The molecule has 8 aliphatic rings. The molecule has 26 heavy (non-hydrogen) atoms. The van der Waals surface area contributed by atoms with Gasteiger partial charge in [-0.3, -0.25) is 0 Å². The number of hydrogen-bond donors (Lipinski definition) is 0. The Morgan fingerprint density at radius 2 is 1.00 bits per heavy atom. The fraction of sp³-hybridized carbons (Fsp3) is 0.846. The van der Waals surface area contributed by atoms with Crippen molar-refractivity contribution in [3.63, 3.8) is 0 Å². The number of rotatable bonds is 1. The standard InChI is InChI=1S/C26H34/c1-3-5-23-10-22-11-24(16-23,6-4-2)18-26(15-22,17-23)25-12-19-7-20(13-25)9-21(8-19)14-25/h19-22H,7-18H2,1-2H3. The Morgan fingerprint density at radius 1 is 0.538 bits per heavy atom. The van der Waals surface area contributed by atoms with E-state index in [1.54, 1.807) is 38.5 Å². The molecule has 8 fully saturated rings. The summed E-state index contributed by atoms with van der Waals surface area (Å²) in [4.78, 5) is 0. The van der Waals surface area contributed by atoms with E-state index >= 15 is 0 Å². The average Bonchev–Trinajstić information content (AvgIpc) is 2.52. The molecule has 0 nitrogen and oxygen atoms in total. The molecule has 8 saturated carbocycles. The molecule has 2 unspecified atom stereocenters. The van der Waals surface area contributed by atoms with Gasteiger partial charge in [0.25, 0.3) is 0 Å². The summed E-state index contributed by atoms with van der Waals surface area (Å²) in [5.41, 5.74) is 1.86. The third kappa shape index (κ3) is 1.95. The molecule has 0 aromatic carbocycles. The Bertz CT molecular complexity index is 690. The minimum atomic E-state index is 0.307. The summed E-state index contributed by atoms with van der Waals surface area (Å²) in [6, 6.07) is 0. The molecule has 8 rings (SSSR count). The molecule has 0 spiro atoms. The van der Waals surface area contributed by atoms with Crippen LogP contribution in [-0.2, 0) is 0 Å². The van der Waals surface area contributed by atoms with Crippen molar-refractivity contribution in [1.29, 1.82) is 0 Å². The maximum atomic E-state index is 3.81. The van der Waals surface area contributed by atoms with Crippen molar-refractivity contribution in [2.45, 2.75) is 90.9 Å². The Balaban J connectivity index is 1.49. The topological polar surface area (TPSA) is 0 Å². The Labute approximate surface area is 160 Å².